The third-order valence-corrected chi connectivity index (χ3v) is 2.35. The largest absolute Gasteiger partial charge is 0.454 e. The van der Waals surface area contributed by atoms with Gasteiger partial charge in [0.25, 0.3) is 5.69 Å². The molecule has 0 spiro atoms. The summed E-state index contributed by atoms with van der Waals surface area (Å²) in [5, 5.41) is 10.5. The summed E-state index contributed by atoms with van der Waals surface area (Å²) in [6.07, 6.45) is -0.253. The maximum Gasteiger partial charge on any atom is 0.340 e. The molecule has 0 bridgehead atoms. The molecule has 2 rings (SSSR count). The van der Waals surface area contributed by atoms with Gasteiger partial charge in [0.2, 0.25) is 0 Å². The Balaban J connectivity index is 2.14. The predicted molar refractivity (Wildman–Crippen MR) is 57.5 cm³/mol. The van der Waals surface area contributed by atoms with Crippen molar-refractivity contribution < 1.29 is 19.2 Å². The van der Waals surface area contributed by atoms with Crippen molar-refractivity contribution in [2.24, 2.45) is 0 Å². The number of hydrogen-bond donors (Lipinski definition) is 1. The van der Waals surface area contributed by atoms with Crippen molar-refractivity contribution in [1.82, 2.24) is 0 Å². The fraction of sp³-hybridized carbons (Fsp3) is 0.300. The van der Waals surface area contributed by atoms with Gasteiger partial charge in [0, 0.05) is 12.1 Å². The number of nitro benzene ring substituents is 1. The van der Waals surface area contributed by atoms with E-state index in [1.165, 1.54) is 12.1 Å². The fourth-order valence-electron chi connectivity index (χ4n) is 1.35. The Morgan fingerprint density at radius 1 is 1.53 bits per heavy atom. The first-order chi connectivity index (χ1) is 8.08. The lowest BCUT2D eigenvalue weighted by Gasteiger charge is -2.25. The van der Waals surface area contributed by atoms with E-state index in [1.807, 2.05) is 0 Å². The first-order valence-electron chi connectivity index (χ1n) is 4.90. The highest BCUT2D eigenvalue weighted by atomic mass is 16.6. The fourth-order valence-corrected chi connectivity index (χ4v) is 1.35. The highest BCUT2D eigenvalue weighted by molar-refractivity contribution is 5.95. The van der Waals surface area contributed by atoms with Gasteiger partial charge in [-0.2, -0.15) is 0 Å². The maximum atomic E-state index is 11.6. The predicted octanol–water partition coefficient (Wildman–Crippen LogP) is 0.733. The third-order valence-electron chi connectivity index (χ3n) is 2.35. The molecule has 0 aromatic heterocycles. The van der Waals surface area contributed by atoms with Crippen LogP contribution in [0.25, 0.3) is 0 Å². The van der Waals surface area contributed by atoms with E-state index in [1.54, 1.807) is 0 Å². The van der Waals surface area contributed by atoms with Gasteiger partial charge in [-0.05, 0) is 6.07 Å². The van der Waals surface area contributed by atoms with Gasteiger partial charge in [-0.15, -0.1) is 0 Å². The average Bonchev–Trinajstić information content (AvgIpc) is 2.22. The van der Waals surface area contributed by atoms with Gasteiger partial charge < -0.3 is 15.2 Å². The molecule has 1 aromatic rings. The first kappa shape index (κ1) is 11.3. The van der Waals surface area contributed by atoms with Crippen LogP contribution in [-0.4, -0.2) is 30.2 Å². The van der Waals surface area contributed by atoms with Gasteiger partial charge in [-0.25, -0.2) is 4.79 Å². The van der Waals surface area contributed by atoms with E-state index in [9.17, 15) is 14.9 Å². The number of benzene rings is 1. The molecule has 1 saturated heterocycles. The van der Waals surface area contributed by atoms with Crippen molar-refractivity contribution in [2.75, 3.05) is 18.9 Å². The van der Waals surface area contributed by atoms with Gasteiger partial charge in [0.1, 0.15) is 6.10 Å². The first-order valence-corrected chi connectivity index (χ1v) is 4.90. The van der Waals surface area contributed by atoms with E-state index in [0.29, 0.717) is 13.2 Å². The SMILES string of the molecule is Nc1cc([N+](=O)[O-])ccc1C(=O)OC1COC1. The highest BCUT2D eigenvalue weighted by Gasteiger charge is 2.24. The monoisotopic (exact) mass is 238 g/mol. The molecule has 1 heterocycles. The molecule has 0 aliphatic carbocycles. The van der Waals surface area contributed by atoms with Crippen molar-refractivity contribution in [3.05, 3.63) is 33.9 Å². The number of ether oxygens (including phenoxy) is 2. The number of hydrogen-bond acceptors (Lipinski definition) is 6. The van der Waals surface area contributed by atoms with Crippen LogP contribution in [0.2, 0.25) is 0 Å². The molecule has 1 aromatic carbocycles. The maximum absolute atomic E-state index is 11.6. The van der Waals surface area contributed by atoms with Gasteiger partial charge in [0.15, 0.2) is 0 Å². The van der Waals surface area contributed by atoms with Crippen LogP contribution in [0.4, 0.5) is 11.4 Å². The number of nitrogens with zero attached hydrogens (tertiary/aromatic N) is 1. The Bertz CT molecular complexity index is 470. The van der Waals surface area contributed by atoms with Gasteiger partial charge in [-0.3, -0.25) is 10.1 Å². The Hall–Kier alpha value is -2.15. The zero-order chi connectivity index (χ0) is 12.4. The Labute approximate surface area is 96.3 Å². The Morgan fingerprint density at radius 3 is 2.71 bits per heavy atom. The highest BCUT2D eigenvalue weighted by Crippen LogP contribution is 2.21. The van der Waals surface area contributed by atoms with Crippen LogP contribution in [0, 0.1) is 10.1 Å². The molecular formula is C10H10N2O5. The Kier molecular flexibility index (Phi) is 2.92. The van der Waals surface area contributed by atoms with Crippen LogP contribution in [0.3, 0.4) is 0 Å². The molecule has 7 nitrogen and oxygen atoms in total. The molecule has 1 aliphatic rings. The number of non-ortho nitro benzene ring substituents is 1. The second-order valence-electron chi connectivity index (χ2n) is 3.59. The van der Waals surface area contributed by atoms with Crippen molar-refractivity contribution in [1.29, 1.82) is 0 Å². The van der Waals surface area contributed by atoms with Crippen LogP contribution in [0.1, 0.15) is 10.4 Å². The molecule has 0 amide bonds. The third kappa shape index (κ3) is 2.34. The summed E-state index contributed by atoms with van der Waals surface area (Å²) in [6, 6.07) is 3.63. The summed E-state index contributed by atoms with van der Waals surface area (Å²) in [6.45, 7) is 0.747. The quantitative estimate of drug-likeness (QED) is 0.360. The second kappa shape index (κ2) is 4.38. The summed E-state index contributed by atoms with van der Waals surface area (Å²) in [5.74, 6) is -0.592. The molecule has 90 valence electrons. The summed E-state index contributed by atoms with van der Waals surface area (Å²) >= 11 is 0. The zero-order valence-corrected chi connectivity index (χ0v) is 8.79. The zero-order valence-electron chi connectivity index (χ0n) is 8.79. The smallest absolute Gasteiger partial charge is 0.340 e. The topological polar surface area (TPSA) is 105 Å². The minimum absolute atomic E-state index is 0.0319. The lowest BCUT2D eigenvalue weighted by atomic mass is 10.1. The minimum atomic E-state index is -0.592. The van der Waals surface area contributed by atoms with Crippen LogP contribution < -0.4 is 5.73 Å². The number of anilines is 1. The number of carbonyl (C=O) groups excluding carboxylic acids is 1. The summed E-state index contributed by atoms with van der Waals surface area (Å²) in [7, 11) is 0. The normalized spacial score (nSPS) is 15.1. The molecule has 0 saturated carbocycles. The summed E-state index contributed by atoms with van der Waals surface area (Å²) in [5.41, 5.74) is 5.56. The molecule has 0 atom stereocenters. The molecule has 2 N–H and O–H groups in total. The van der Waals surface area contributed by atoms with E-state index >= 15 is 0 Å². The van der Waals surface area contributed by atoms with Crippen LogP contribution in [-0.2, 0) is 9.47 Å². The number of nitrogens with two attached hydrogens (primary N) is 1. The minimum Gasteiger partial charge on any atom is -0.454 e. The van der Waals surface area contributed by atoms with Crippen molar-refractivity contribution in [3.8, 4) is 0 Å². The van der Waals surface area contributed by atoms with E-state index in [-0.39, 0.29) is 23.0 Å². The van der Waals surface area contributed by atoms with Crippen molar-refractivity contribution in [3.63, 3.8) is 0 Å². The van der Waals surface area contributed by atoms with Crippen LogP contribution >= 0.6 is 0 Å². The summed E-state index contributed by atoms with van der Waals surface area (Å²) < 4.78 is 9.89. The molecule has 17 heavy (non-hydrogen) atoms. The van der Waals surface area contributed by atoms with Crippen molar-refractivity contribution >= 4 is 17.3 Å². The van der Waals surface area contributed by atoms with Gasteiger partial charge in [-0.1, -0.05) is 0 Å². The van der Waals surface area contributed by atoms with E-state index in [4.69, 9.17) is 15.2 Å². The number of rotatable bonds is 3. The summed E-state index contributed by atoms with van der Waals surface area (Å²) in [4.78, 5) is 21.5. The van der Waals surface area contributed by atoms with E-state index < -0.39 is 10.9 Å². The molecule has 7 heteroatoms. The number of nitrogen functional groups attached to an aromatic ring is 1. The number of esters is 1. The molecule has 0 unspecified atom stereocenters. The van der Waals surface area contributed by atoms with Crippen molar-refractivity contribution in [2.45, 2.75) is 6.10 Å². The van der Waals surface area contributed by atoms with E-state index in [0.717, 1.165) is 6.07 Å². The second-order valence-corrected chi connectivity index (χ2v) is 3.59. The standard InChI is InChI=1S/C10H10N2O5/c11-9-3-6(12(14)15)1-2-8(9)10(13)17-7-4-16-5-7/h1-3,7H,4-5,11H2. The lowest BCUT2D eigenvalue weighted by molar-refractivity contribution is -0.384. The number of carbonyl (C=O) groups is 1. The van der Waals surface area contributed by atoms with Crippen LogP contribution in [0.5, 0.6) is 0 Å². The molecular weight excluding hydrogens is 228 g/mol. The molecule has 1 aliphatic heterocycles. The van der Waals surface area contributed by atoms with Gasteiger partial charge >= 0.3 is 5.97 Å². The van der Waals surface area contributed by atoms with Crippen LogP contribution in [0.15, 0.2) is 18.2 Å². The molecule has 1 fully saturated rings. The van der Waals surface area contributed by atoms with E-state index in [2.05, 4.69) is 0 Å². The Morgan fingerprint density at radius 2 is 2.24 bits per heavy atom. The molecule has 0 radical (unpaired) electrons. The average molecular weight is 238 g/mol. The van der Waals surface area contributed by atoms with Gasteiger partial charge in [0.05, 0.1) is 29.4 Å². The number of nitro groups is 1. The lowest BCUT2D eigenvalue weighted by Crippen LogP contribution is -2.37.